The average Bonchev–Trinajstić information content (AvgIpc) is 2.86. The Morgan fingerprint density at radius 3 is 2.60 bits per heavy atom. The van der Waals surface area contributed by atoms with Crippen molar-refractivity contribution in [3.8, 4) is 18.0 Å². The van der Waals surface area contributed by atoms with E-state index in [-0.39, 0.29) is 17.1 Å². The second kappa shape index (κ2) is 6.18. The van der Waals surface area contributed by atoms with E-state index in [9.17, 15) is 18.8 Å². The maximum Gasteiger partial charge on any atom is 0.335 e. The summed E-state index contributed by atoms with van der Waals surface area (Å²) in [6.07, 6.45) is 5.77. The summed E-state index contributed by atoms with van der Waals surface area (Å²) in [6.45, 7) is 1.83. The molecule has 0 N–H and O–H groups in total. The maximum absolute atomic E-state index is 14.6. The quantitative estimate of drug-likeness (QED) is 0.661. The highest BCUT2D eigenvalue weighted by molar-refractivity contribution is 7.16. The van der Waals surface area contributed by atoms with Gasteiger partial charge in [-0.15, -0.1) is 6.42 Å². The fraction of sp³-hybridized carbons (Fsp3) is 0.235. The van der Waals surface area contributed by atoms with Gasteiger partial charge in [-0.25, -0.2) is 13.8 Å². The molecule has 0 unspecified atom stereocenters. The summed E-state index contributed by atoms with van der Waals surface area (Å²) in [5.41, 5.74) is -0.544. The molecule has 0 aliphatic carbocycles. The van der Waals surface area contributed by atoms with Crippen molar-refractivity contribution >= 4 is 21.6 Å². The Morgan fingerprint density at radius 2 is 1.96 bits per heavy atom. The van der Waals surface area contributed by atoms with Crippen LogP contribution in [0, 0.1) is 18.2 Å². The van der Waals surface area contributed by atoms with Crippen molar-refractivity contribution in [1.29, 1.82) is 0 Å². The van der Waals surface area contributed by atoms with Gasteiger partial charge in [-0.2, -0.15) is 0 Å². The van der Waals surface area contributed by atoms with Gasteiger partial charge >= 0.3 is 10.6 Å². The third kappa shape index (κ3) is 2.62. The zero-order valence-electron chi connectivity index (χ0n) is 13.6. The minimum Gasteiger partial charge on any atom is -0.300 e. The van der Waals surface area contributed by atoms with Crippen molar-refractivity contribution in [2.24, 2.45) is 7.05 Å². The molecule has 8 heteroatoms. The lowest BCUT2D eigenvalue weighted by Crippen LogP contribution is -2.39. The number of rotatable bonds is 3. The number of halogens is 1. The fourth-order valence-electron chi connectivity index (χ4n) is 2.72. The molecule has 0 bridgehead atoms. The monoisotopic (exact) mass is 359 g/mol. The molecule has 3 rings (SSSR count). The molecule has 25 heavy (non-hydrogen) atoms. The van der Waals surface area contributed by atoms with Crippen molar-refractivity contribution < 1.29 is 4.39 Å². The van der Waals surface area contributed by atoms with Crippen molar-refractivity contribution in [3.63, 3.8) is 0 Å². The SMILES string of the molecule is C#CCn1c(=O)sc2cc(F)c(-n3c(=O)cc(CC)n(C)c3=O)cc21. The normalized spacial score (nSPS) is 11.0. The molecular formula is C17H14FN3O3S. The first-order chi connectivity index (χ1) is 11.9. The van der Waals surface area contributed by atoms with E-state index in [1.165, 1.54) is 28.3 Å². The van der Waals surface area contributed by atoms with Crippen molar-refractivity contribution in [2.45, 2.75) is 19.9 Å². The van der Waals surface area contributed by atoms with E-state index in [1.807, 2.05) is 6.92 Å². The van der Waals surface area contributed by atoms with Crippen LogP contribution in [0.1, 0.15) is 12.6 Å². The second-order valence-electron chi connectivity index (χ2n) is 5.43. The zero-order valence-corrected chi connectivity index (χ0v) is 14.4. The number of aryl methyl sites for hydroxylation is 1. The average molecular weight is 359 g/mol. The predicted octanol–water partition coefficient (Wildman–Crippen LogP) is 1.25. The molecule has 0 atom stereocenters. The van der Waals surface area contributed by atoms with Gasteiger partial charge in [-0.3, -0.25) is 14.2 Å². The number of fused-ring (bicyclic) bond motifs is 1. The van der Waals surface area contributed by atoms with Gasteiger partial charge < -0.3 is 4.57 Å². The van der Waals surface area contributed by atoms with E-state index in [1.54, 1.807) is 0 Å². The van der Waals surface area contributed by atoms with Gasteiger partial charge in [0.2, 0.25) is 0 Å². The molecule has 6 nitrogen and oxygen atoms in total. The predicted molar refractivity (Wildman–Crippen MR) is 95.1 cm³/mol. The molecule has 0 amide bonds. The molecule has 3 aromatic rings. The van der Waals surface area contributed by atoms with Crippen LogP contribution < -0.4 is 16.1 Å². The van der Waals surface area contributed by atoms with Crippen molar-refractivity contribution in [2.75, 3.05) is 0 Å². The van der Waals surface area contributed by atoms with Gasteiger partial charge in [0.05, 0.1) is 22.4 Å². The molecule has 0 saturated heterocycles. The third-order valence-corrected chi connectivity index (χ3v) is 4.95. The summed E-state index contributed by atoms with van der Waals surface area (Å²) in [4.78, 5) is 36.6. The molecule has 1 aromatic carbocycles. The van der Waals surface area contributed by atoms with Gasteiger partial charge in [0, 0.05) is 18.8 Å². The topological polar surface area (TPSA) is 66.0 Å². The van der Waals surface area contributed by atoms with E-state index in [0.717, 1.165) is 22.0 Å². The first-order valence-corrected chi connectivity index (χ1v) is 8.29. The summed E-state index contributed by atoms with van der Waals surface area (Å²) in [6, 6.07) is 3.75. The van der Waals surface area contributed by atoms with Crippen LogP contribution in [0.5, 0.6) is 0 Å². The summed E-state index contributed by atoms with van der Waals surface area (Å²) in [7, 11) is 1.52. The number of thiazole rings is 1. The summed E-state index contributed by atoms with van der Waals surface area (Å²) < 4.78 is 18.3. The number of nitrogens with zero attached hydrogens (tertiary/aromatic N) is 3. The van der Waals surface area contributed by atoms with Gasteiger partial charge in [0.25, 0.3) is 5.56 Å². The summed E-state index contributed by atoms with van der Waals surface area (Å²) >= 11 is 0.856. The number of terminal acetylenes is 1. The van der Waals surface area contributed by atoms with Gasteiger partial charge in [0.1, 0.15) is 5.82 Å². The lowest BCUT2D eigenvalue weighted by Gasteiger charge is -2.11. The molecule has 0 radical (unpaired) electrons. The van der Waals surface area contributed by atoms with Crippen molar-refractivity contribution in [3.05, 3.63) is 60.2 Å². The molecule has 2 aromatic heterocycles. The molecule has 0 aliphatic rings. The standard InChI is InChI=1S/C17H14FN3O3S/c1-4-6-20-13-9-12(11(18)8-14(13)25-17(20)24)21-15(22)7-10(5-2)19(3)16(21)23/h1,7-9H,5-6H2,2-3H3. The van der Waals surface area contributed by atoms with E-state index in [0.29, 0.717) is 22.3 Å². The highest BCUT2D eigenvalue weighted by atomic mass is 32.1. The van der Waals surface area contributed by atoms with Crippen LogP contribution in [-0.2, 0) is 20.0 Å². The fourth-order valence-corrected chi connectivity index (χ4v) is 3.61. The van der Waals surface area contributed by atoms with E-state index < -0.39 is 17.1 Å². The van der Waals surface area contributed by atoms with Crippen molar-refractivity contribution in [1.82, 2.24) is 13.7 Å². The van der Waals surface area contributed by atoms with E-state index >= 15 is 0 Å². The largest absolute Gasteiger partial charge is 0.335 e. The molecule has 2 heterocycles. The van der Waals surface area contributed by atoms with Crippen LogP contribution in [0.15, 0.2) is 32.6 Å². The molecule has 0 fully saturated rings. The van der Waals surface area contributed by atoms with Crippen LogP contribution in [0.4, 0.5) is 4.39 Å². The summed E-state index contributed by atoms with van der Waals surface area (Å²) in [5.74, 6) is 1.61. The molecular weight excluding hydrogens is 345 g/mol. The lowest BCUT2D eigenvalue weighted by molar-refractivity contribution is 0.604. The lowest BCUT2D eigenvalue weighted by atomic mass is 10.2. The second-order valence-corrected chi connectivity index (χ2v) is 6.43. The number of hydrogen-bond donors (Lipinski definition) is 0. The van der Waals surface area contributed by atoms with Crippen LogP contribution in [-0.4, -0.2) is 13.7 Å². The van der Waals surface area contributed by atoms with Crippen LogP contribution in [0.2, 0.25) is 0 Å². The van der Waals surface area contributed by atoms with Gasteiger partial charge in [-0.1, -0.05) is 24.2 Å². The molecule has 0 spiro atoms. The van der Waals surface area contributed by atoms with Gasteiger partial charge in [0.15, 0.2) is 0 Å². The highest BCUT2D eigenvalue weighted by Crippen LogP contribution is 2.23. The Kier molecular flexibility index (Phi) is 4.18. The Labute approximate surface area is 145 Å². The molecule has 128 valence electrons. The Balaban J connectivity index is 2.40. The third-order valence-electron chi connectivity index (χ3n) is 4.01. The number of hydrogen-bond acceptors (Lipinski definition) is 4. The van der Waals surface area contributed by atoms with Crippen LogP contribution >= 0.6 is 11.3 Å². The Bertz CT molecular complexity index is 1210. The van der Waals surface area contributed by atoms with E-state index in [2.05, 4.69) is 5.92 Å². The maximum atomic E-state index is 14.6. The number of aromatic nitrogens is 3. The summed E-state index contributed by atoms with van der Waals surface area (Å²) in [5, 5.41) is 0. The van der Waals surface area contributed by atoms with Crippen LogP contribution in [0.25, 0.3) is 15.9 Å². The highest BCUT2D eigenvalue weighted by Gasteiger charge is 2.17. The molecule has 0 saturated carbocycles. The van der Waals surface area contributed by atoms with E-state index in [4.69, 9.17) is 6.42 Å². The minimum atomic E-state index is -0.759. The minimum absolute atomic E-state index is 0.0194. The first kappa shape index (κ1) is 16.9. The first-order valence-electron chi connectivity index (χ1n) is 7.47. The smallest absolute Gasteiger partial charge is 0.300 e. The Morgan fingerprint density at radius 1 is 1.24 bits per heavy atom. The van der Waals surface area contributed by atoms with Crippen LogP contribution in [0.3, 0.4) is 0 Å². The Hall–Kier alpha value is -2.92. The van der Waals surface area contributed by atoms with Gasteiger partial charge in [-0.05, 0) is 18.6 Å². The zero-order chi connectivity index (χ0) is 18.3. The number of benzene rings is 1. The molecule has 0 aliphatic heterocycles.